The number of hydrogen-bond donors (Lipinski definition) is 0. The monoisotopic (exact) mass is 210 g/mol. The van der Waals surface area contributed by atoms with E-state index in [-0.39, 0.29) is 11.3 Å². The third-order valence-corrected chi connectivity index (χ3v) is 2.41. The van der Waals surface area contributed by atoms with Crippen LogP contribution in [0.25, 0.3) is 0 Å². The predicted molar refractivity (Wildman–Crippen MR) is 48.9 cm³/mol. The lowest BCUT2D eigenvalue weighted by atomic mass is 9.92. The van der Waals surface area contributed by atoms with Gasteiger partial charge in [-0.3, -0.25) is 4.79 Å². The van der Waals surface area contributed by atoms with Gasteiger partial charge in [0.05, 0.1) is 6.26 Å². The SMILES string of the molecule is CC1(c2cc(F)cc(F)c2)OC=CC1=O. The molecule has 0 N–H and O–H groups in total. The summed E-state index contributed by atoms with van der Waals surface area (Å²) in [5, 5.41) is 0. The molecule has 0 saturated heterocycles. The number of carbonyl (C=O) groups is 1. The molecule has 0 amide bonds. The van der Waals surface area contributed by atoms with Gasteiger partial charge >= 0.3 is 0 Å². The van der Waals surface area contributed by atoms with Crippen LogP contribution in [-0.2, 0) is 15.1 Å². The van der Waals surface area contributed by atoms with Crippen molar-refractivity contribution in [3.8, 4) is 0 Å². The van der Waals surface area contributed by atoms with E-state index in [0.717, 1.165) is 18.2 Å². The maximum atomic E-state index is 13.0. The number of hydrogen-bond acceptors (Lipinski definition) is 2. The van der Waals surface area contributed by atoms with Crippen LogP contribution >= 0.6 is 0 Å². The molecule has 0 bridgehead atoms. The summed E-state index contributed by atoms with van der Waals surface area (Å²) in [6, 6.07) is 2.93. The molecule has 1 aromatic rings. The number of ether oxygens (including phenoxy) is 1. The molecule has 2 rings (SSSR count). The van der Waals surface area contributed by atoms with Gasteiger partial charge in [0, 0.05) is 17.7 Å². The predicted octanol–water partition coefficient (Wildman–Crippen LogP) is 2.29. The van der Waals surface area contributed by atoms with Crippen LogP contribution in [0.3, 0.4) is 0 Å². The molecule has 0 fully saturated rings. The van der Waals surface area contributed by atoms with E-state index in [1.807, 2.05) is 0 Å². The molecule has 1 aliphatic heterocycles. The van der Waals surface area contributed by atoms with Crippen LogP contribution in [-0.4, -0.2) is 5.78 Å². The maximum absolute atomic E-state index is 13.0. The molecule has 1 aromatic carbocycles. The number of carbonyl (C=O) groups excluding carboxylic acids is 1. The van der Waals surface area contributed by atoms with Gasteiger partial charge in [-0.2, -0.15) is 0 Å². The molecule has 0 aliphatic carbocycles. The minimum atomic E-state index is -1.30. The largest absolute Gasteiger partial charge is 0.482 e. The lowest BCUT2D eigenvalue weighted by molar-refractivity contribution is -0.128. The molecule has 1 unspecified atom stereocenters. The molecule has 1 atom stereocenters. The normalized spacial score (nSPS) is 24.3. The summed E-state index contributed by atoms with van der Waals surface area (Å²) in [7, 11) is 0. The van der Waals surface area contributed by atoms with Crippen LogP contribution in [0, 0.1) is 11.6 Å². The topological polar surface area (TPSA) is 26.3 Å². The highest BCUT2D eigenvalue weighted by Crippen LogP contribution is 2.32. The average Bonchev–Trinajstić information content (AvgIpc) is 2.47. The summed E-state index contributed by atoms with van der Waals surface area (Å²) in [5.74, 6) is -1.78. The second-order valence-corrected chi connectivity index (χ2v) is 3.48. The second kappa shape index (κ2) is 3.15. The zero-order valence-corrected chi connectivity index (χ0v) is 7.96. The Kier molecular flexibility index (Phi) is 2.07. The minimum absolute atomic E-state index is 0.176. The van der Waals surface area contributed by atoms with Crippen LogP contribution in [0.4, 0.5) is 8.78 Å². The van der Waals surface area contributed by atoms with Gasteiger partial charge in [-0.25, -0.2) is 8.78 Å². The molecule has 0 radical (unpaired) electrons. The zero-order valence-electron chi connectivity index (χ0n) is 7.96. The summed E-state index contributed by atoms with van der Waals surface area (Å²) in [6.07, 6.45) is 2.47. The van der Waals surface area contributed by atoms with E-state index in [2.05, 4.69) is 0 Å². The van der Waals surface area contributed by atoms with Crippen molar-refractivity contribution in [1.29, 1.82) is 0 Å². The van der Waals surface area contributed by atoms with E-state index >= 15 is 0 Å². The van der Waals surface area contributed by atoms with Crippen molar-refractivity contribution in [1.82, 2.24) is 0 Å². The molecular weight excluding hydrogens is 202 g/mol. The Morgan fingerprint density at radius 3 is 2.27 bits per heavy atom. The molecule has 2 nitrogen and oxygen atoms in total. The van der Waals surface area contributed by atoms with Crippen molar-refractivity contribution in [2.75, 3.05) is 0 Å². The highest BCUT2D eigenvalue weighted by atomic mass is 19.1. The van der Waals surface area contributed by atoms with Gasteiger partial charge in [-0.1, -0.05) is 0 Å². The minimum Gasteiger partial charge on any atom is -0.482 e. The average molecular weight is 210 g/mol. The number of benzene rings is 1. The first-order valence-electron chi connectivity index (χ1n) is 4.38. The summed E-state index contributed by atoms with van der Waals surface area (Å²) < 4.78 is 31.0. The van der Waals surface area contributed by atoms with Crippen LogP contribution in [0.2, 0.25) is 0 Å². The molecule has 15 heavy (non-hydrogen) atoms. The zero-order chi connectivity index (χ0) is 11.1. The molecule has 4 heteroatoms. The fraction of sp³-hybridized carbons (Fsp3) is 0.182. The van der Waals surface area contributed by atoms with Crippen molar-refractivity contribution in [3.05, 3.63) is 47.7 Å². The first-order chi connectivity index (χ1) is 7.02. The van der Waals surface area contributed by atoms with E-state index in [1.165, 1.54) is 19.3 Å². The van der Waals surface area contributed by atoms with Gasteiger partial charge < -0.3 is 4.74 Å². The Hall–Kier alpha value is -1.71. The lowest BCUT2D eigenvalue weighted by Gasteiger charge is -2.22. The number of ketones is 1. The Bertz CT molecular complexity index is 434. The Balaban J connectivity index is 2.50. The molecule has 0 saturated carbocycles. The van der Waals surface area contributed by atoms with E-state index in [9.17, 15) is 13.6 Å². The number of halogens is 2. The van der Waals surface area contributed by atoms with Gasteiger partial charge in [-0.05, 0) is 19.1 Å². The van der Waals surface area contributed by atoms with Crippen molar-refractivity contribution in [3.63, 3.8) is 0 Å². The molecule has 0 aromatic heterocycles. The van der Waals surface area contributed by atoms with Gasteiger partial charge in [-0.15, -0.1) is 0 Å². The van der Waals surface area contributed by atoms with Crippen LogP contribution in [0.5, 0.6) is 0 Å². The summed E-state index contributed by atoms with van der Waals surface area (Å²) >= 11 is 0. The third kappa shape index (κ3) is 1.52. The van der Waals surface area contributed by atoms with Crippen LogP contribution in [0.15, 0.2) is 30.5 Å². The smallest absolute Gasteiger partial charge is 0.206 e. The van der Waals surface area contributed by atoms with Crippen molar-refractivity contribution in [2.45, 2.75) is 12.5 Å². The Morgan fingerprint density at radius 1 is 1.20 bits per heavy atom. The maximum Gasteiger partial charge on any atom is 0.206 e. The summed E-state index contributed by atoms with van der Waals surface area (Å²) in [4.78, 5) is 11.5. The fourth-order valence-electron chi connectivity index (χ4n) is 1.49. The van der Waals surface area contributed by atoms with Gasteiger partial charge in [0.25, 0.3) is 0 Å². The second-order valence-electron chi connectivity index (χ2n) is 3.48. The van der Waals surface area contributed by atoms with Gasteiger partial charge in [0.1, 0.15) is 11.6 Å². The molecule has 1 heterocycles. The van der Waals surface area contributed by atoms with Gasteiger partial charge in [0.15, 0.2) is 5.60 Å². The summed E-state index contributed by atoms with van der Waals surface area (Å²) in [6.45, 7) is 1.48. The number of rotatable bonds is 1. The summed E-state index contributed by atoms with van der Waals surface area (Å²) in [5.41, 5.74) is -1.13. The Morgan fingerprint density at radius 2 is 1.80 bits per heavy atom. The molecule has 1 aliphatic rings. The molecule has 0 spiro atoms. The highest BCUT2D eigenvalue weighted by Gasteiger charge is 2.38. The highest BCUT2D eigenvalue weighted by molar-refractivity contribution is 5.99. The Labute approximate surface area is 85.2 Å². The van der Waals surface area contributed by atoms with Crippen LogP contribution in [0.1, 0.15) is 12.5 Å². The quantitative estimate of drug-likeness (QED) is 0.710. The molecule has 78 valence electrons. The van der Waals surface area contributed by atoms with Gasteiger partial charge in [0.2, 0.25) is 5.78 Å². The fourth-order valence-corrected chi connectivity index (χ4v) is 1.49. The van der Waals surface area contributed by atoms with Crippen molar-refractivity contribution in [2.24, 2.45) is 0 Å². The van der Waals surface area contributed by atoms with E-state index in [1.54, 1.807) is 0 Å². The van der Waals surface area contributed by atoms with Crippen molar-refractivity contribution >= 4 is 5.78 Å². The van der Waals surface area contributed by atoms with E-state index in [0.29, 0.717) is 0 Å². The molecular formula is C11H8F2O2. The van der Waals surface area contributed by atoms with Crippen LogP contribution < -0.4 is 0 Å². The van der Waals surface area contributed by atoms with E-state index in [4.69, 9.17) is 4.74 Å². The van der Waals surface area contributed by atoms with E-state index < -0.39 is 17.2 Å². The third-order valence-electron chi connectivity index (χ3n) is 2.41. The lowest BCUT2D eigenvalue weighted by Crippen LogP contribution is -2.29. The van der Waals surface area contributed by atoms with Crippen molar-refractivity contribution < 1.29 is 18.3 Å². The first-order valence-corrected chi connectivity index (χ1v) is 4.38. The standard InChI is InChI=1S/C11H8F2O2/c1-11(10(14)2-3-15-11)7-4-8(12)6-9(13)5-7/h2-6H,1H3. The first kappa shape index (κ1) is 9.83.